The third kappa shape index (κ3) is 5.34. The van der Waals surface area contributed by atoms with Crippen LogP contribution in [-0.2, 0) is 17.9 Å². The molecule has 0 saturated heterocycles. The van der Waals surface area contributed by atoms with Gasteiger partial charge in [-0.3, -0.25) is 10.1 Å². The minimum atomic E-state index is -0.832. The van der Waals surface area contributed by atoms with Gasteiger partial charge in [-0.25, -0.2) is 4.68 Å². The molecule has 0 aliphatic heterocycles. The molecule has 7 heteroatoms. The van der Waals surface area contributed by atoms with E-state index in [4.69, 9.17) is 5.11 Å². The molecular weight excluding hydrogens is 246 g/mol. The molecule has 0 fully saturated rings. The fourth-order valence-corrected chi connectivity index (χ4v) is 1.79. The summed E-state index contributed by atoms with van der Waals surface area (Å²) >= 11 is 0. The van der Waals surface area contributed by atoms with Crippen molar-refractivity contribution >= 4 is 5.97 Å². The zero-order valence-electron chi connectivity index (χ0n) is 11.8. The standard InChI is InChI=1S/C12H23N5O2/c1-4-5-6-17-11(14-15-16-17)8-13-10(12(18)19)7-9(2)3/h9-10,13H,4-8H2,1-3H3,(H,18,19). The van der Waals surface area contributed by atoms with E-state index in [1.165, 1.54) is 0 Å². The fraction of sp³-hybridized carbons (Fsp3) is 0.833. The predicted octanol–water partition coefficient (Wildman–Crippen LogP) is 1.06. The molecule has 0 radical (unpaired) electrons. The lowest BCUT2D eigenvalue weighted by Crippen LogP contribution is -2.38. The van der Waals surface area contributed by atoms with Crippen molar-refractivity contribution in [1.29, 1.82) is 0 Å². The molecule has 0 saturated carbocycles. The lowest BCUT2D eigenvalue weighted by atomic mass is 10.0. The lowest BCUT2D eigenvalue weighted by molar-refractivity contribution is -0.140. The minimum Gasteiger partial charge on any atom is -0.480 e. The zero-order chi connectivity index (χ0) is 14.3. The van der Waals surface area contributed by atoms with E-state index < -0.39 is 12.0 Å². The summed E-state index contributed by atoms with van der Waals surface area (Å²) in [6.07, 6.45) is 2.66. The summed E-state index contributed by atoms with van der Waals surface area (Å²) in [4.78, 5) is 11.1. The van der Waals surface area contributed by atoms with Crippen LogP contribution in [0.2, 0.25) is 0 Å². The van der Waals surface area contributed by atoms with Crippen LogP contribution in [0, 0.1) is 5.92 Å². The van der Waals surface area contributed by atoms with Crippen molar-refractivity contribution in [2.24, 2.45) is 5.92 Å². The average Bonchev–Trinajstić information content (AvgIpc) is 2.78. The molecule has 0 aliphatic carbocycles. The van der Waals surface area contributed by atoms with Gasteiger partial charge in [-0.2, -0.15) is 0 Å². The van der Waals surface area contributed by atoms with E-state index in [2.05, 4.69) is 27.8 Å². The van der Waals surface area contributed by atoms with E-state index in [1.54, 1.807) is 4.68 Å². The number of aryl methyl sites for hydroxylation is 1. The third-order valence-corrected chi connectivity index (χ3v) is 2.84. The molecule has 0 amide bonds. The topological polar surface area (TPSA) is 92.9 Å². The zero-order valence-corrected chi connectivity index (χ0v) is 11.8. The Bertz CT molecular complexity index is 391. The van der Waals surface area contributed by atoms with Gasteiger partial charge in [0.25, 0.3) is 0 Å². The van der Waals surface area contributed by atoms with Gasteiger partial charge in [-0.05, 0) is 29.2 Å². The molecular formula is C12H23N5O2. The summed E-state index contributed by atoms with van der Waals surface area (Å²) in [5, 5.41) is 23.6. The number of hydrogen-bond donors (Lipinski definition) is 2. The molecule has 0 aliphatic rings. The first-order valence-electron chi connectivity index (χ1n) is 6.75. The second kappa shape index (κ2) is 7.83. The molecule has 0 bridgehead atoms. The number of carbonyl (C=O) groups is 1. The quantitative estimate of drug-likeness (QED) is 0.696. The van der Waals surface area contributed by atoms with Crippen LogP contribution < -0.4 is 5.32 Å². The Morgan fingerprint density at radius 3 is 2.79 bits per heavy atom. The summed E-state index contributed by atoms with van der Waals surface area (Å²) < 4.78 is 1.73. The second-order valence-corrected chi connectivity index (χ2v) is 5.07. The van der Waals surface area contributed by atoms with Crippen molar-refractivity contribution in [2.75, 3.05) is 0 Å². The van der Waals surface area contributed by atoms with Gasteiger partial charge >= 0.3 is 5.97 Å². The van der Waals surface area contributed by atoms with Crippen LogP contribution in [0.5, 0.6) is 0 Å². The van der Waals surface area contributed by atoms with Crippen LogP contribution in [0.3, 0.4) is 0 Å². The number of aromatic nitrogens is 4. The van der Waals surface area contributed by atoms with Crippen LogP contribution in [0.1, 0.15) is 45.9 Å². The first kappa shape index (κ1) is 15.6. The van der Waals surface area contributed by atoms with E-state index in [9.17, 15) is 4.79 Å². The van der Waals surface area contributed by atoms with Gasteiger partial charge in [0.15, 0.2) is 5.82 Å². The average molecular weight is 269 g/mol. The number of nitrogens with one attached hydrogen (secondary N) is 1. The monoisotopic (exact) mass is 269 g/mol. The van der Waals surface area contributed by atoms with Crippen molar-refractivity contribution in [2.45, 2.75) is 59.2 Å². The Hall–Kier alpha value is -1.50. The van der Waals surface area contributed by atoms with E-state index in [1.807, 2.05) is 13.8 Å². The highest BCUT2D eigenvalue weighted by molar-refractivity contribution is 5.73. The maximum absolute atomic E-state index is 11.1. The normalized spacial score (nSPS) is 12.8. The molecule has 108 valence electrons. The van der Waals surface area contributed by atoms with Crippen molar-refractivity contribution in [3.63, 3.8) is 0 Å². The van der Waals surface area contributed by atoms with E-state index in [-0.39, 0.29) is 0 Å². The van der Waals surface area contributed by atoms with Gasteiger partial charge < -0.3 is 5.11 Å². The molecule has 0 spiro atoms. The number of hydrogen-bond acceptors (Lipinski definition) is 5. The Balaban J connectivity index is 2.54. The maximum atomic E-state index is 11.1. The SMILES string of the molecule is CCCCn1nnnc1CNC(CC(C)C)C(=O)O. The molecule has 1 aromatic heterocycles. The molecule has 0 aromatic carbocycles. The molecule has 1 rings (SSSR count). The van der Waals surface area contributed by atoms with Crippen molar-refractivity contribution in [1.82, 2.24) is 25.5 Å². The van der Waals surface area contributed by atoms with E-state index in [0.717, 1.165) is 19.4 Å². The lowest BCUT2D eigenvalue weighted by Gasteiger charge is -2.16. The van der Waals surface area contributed by atoms with Gasteiger partial charge in [0, 0.05) is 6.54 Å². The first-order valence-corrected chi connectivity index (χ1v) is 6.75. The van der Waals surface area contributed by atoms with Gasteiger partial charge in [0.2, 0.25) is 0 Å². The Morgan fingerprint density at radius 2 is 2.21 bits per heavy atom. The van der Waals surface area contributed by atoms with Gasteiger partial charge in [0.05, 0.1) is 6.54 Å². The molecule has 1 aromatic rings. The number of nitrogens with zero attached hydrogens (tertiary/aromatic N) is 4. The molecule has 1 unspecified atom stereocenters. The van der Waals surface area contributed by atoms with Gasteiger partial charge in [-0.15, -0.1) is 5.10 Å². The Labute approximate surface area is 113 Å². The van der Waals surface area contributed by atoms with Crippen LogP contribution in [0.15, 0.2) is 0 Å². The number of carboxylic acids is 1. The van der Waals surface area contributed by atoms with E-state index in [0.29, 0.717) is 24.7 Å². The van der Waals surface area contributed by atoms with Gasteiger partial charge in [-0.1, -0.05) is 27.2 Å². The number of tetrazole rings is 1. The summed E-state index contributed by atoms with van der Waals surface area (Å²) in [5.74, 6) is 0.175. The Kier molecular flexibility index (Phi) is 6.41. The summed E-state index contributed by atoms with van der Waals surface area (Å²) in [5.41, 5.74) is 0. The number of carboxylic acid groups (broad SMARTS) is 1. The highest BCUT2D eigenvalue weighted by Crippen LogP contribution is 2.06. The summed E-state index contributed by atoms with van der Waals surface area (Å²) in [7, 11) is 0. The molecule has 2 N–H and O–H groups in total. The highest BCUT2D eigenvalue weighted by atomic mass is 16.4. The molecule has 1 atom stereocenters. The largest absolute Gasteiger partial charge is 0.480 e. The second-order valence-electron chi connectivity index (χ2n) is 5.07. The smallest absolute Gasteiger partial charge is 0.320 e. The Morgan fingerprint density at radius 1 is 1.47 bits per heavy atom. The predicted molar refractivity (Wildman–Crippen MR) is 70.4 cm³/mol. The number of aliphatic carboxylic acids is 1. The minimum absolute atomic E-state index is 0.324. The maximum Gasteiger partial charge on any atom is 0.320 e. The summed E-state index contributed by atoms with van der Waals surface area (Å²) in [6.45, 7) is 7.25. The van der Waals surface area contributed by atoms with Crippen molar-refractivity contribution < 1.29 is 9.90 Å². The van der Waals surface area contributed by atoms with Crippen LogP contribution in [0.25, 0.3) is 0 Å². The third-order valence-electron chi connectivity index (χ3n) is 2.84. The van der Waals surface area contributed by atoms with Gasteiger partial charge in [0.1, 0.15) is 6.04 Å². The van der Waals surface area contributed by atoms with Crippen LogP contribution in [-0.4, -0.2) is 37.3 Å². The number of rotatable bonds is 9. The van der Waals surface area contributed by atoms with Crippen molar-refractivity contribution in [3.05, 3.63) is 5.82 Å². The van der Waals surface area contributed by atoms with Crippen LogP contribution in [0.4, 0.5) is 0 Å². The molecule has 1 heterocycles. The fourth-order valence-electron chi connectivity index (χ4n) is 1.79. The summed E-state index contributed by atoms with van der Waals surface area (Å²) in [6, 6.07) is -0.559. The highest BCUT2D eigenvalue weighted by Gasteiger charge is 2.19. The van der Waals surface area contributed by atoms with Crippen molar-refractivity contribution in [3.8, 4) is 0 Å². The first-order chi connectivity index (χ1) is 9.04. The number of unbranched alkanes of at least 4 members (excludes halogenated alkanes) is 1. The molecule has 19 heavy (non-hydrogen) atoms. The molecule has 7 nitrogen and oxygen atoms in total. The van der Waals surface area contributed by atoms with E-state index >= 15 is 0 Å². The van der Waals surface area contributed by atoms with Crippen LogP contribution >= 0.6 is 0 Å².